The van der Waals surface area contributed by atoms with Crippen LogP contribution >= 0.6 is 0 Å². The Morgan fingerprint density at radius 3 is 2.44 bits per heavy atom. The number of fused-ring (bicyclic) bond motifs is 1. The van der Waals surface area contributed by atoms with Gasteiger partial charge in [-0.15, -0.1) is 0 Å². The molecule has 0 spiro atoms. The van der Waals surface area contributed by atoms with Crippen molar-refractivity contribution >= 4 is 33.2 Å². The van der Waals surface area contributed by atoms with Gasteiger partial charge in [-0.1, -0.05) is 26.0 Å². The number of nitrogens with one attached hydrogen (secondary N) is 2. The number of rotatable bonds is 6. The number of nitrogens with zero attached hydrogens (tertiary/aromatic N) is 1. The topological polar surface area (TPSA) is 95.6 Å². The fourth-order valence-electron chi connectivity index (χ4n) is 4.08. The summed E-state index contributed by atoms with van der Waals surface area (Å²) in [5.74, 6) is -0.750. The zero-order chi connectivity index (χ0) is 23.8. The van der Waals surface area contributed by atoms with Crippen LogP contribution in [0.25, 0.3) is 0 Å². The predicted octanol–water partition coefficient (Wildman–Crippen LogP) is 3.54. The van der Waals surface area contributed by atoms with Crippen molar-refractivity contribution in [3.05, 3.63) is 53.1 Å². The molecule has 1 aliphatic heterocycles. The minimum absolute atomic E-state index is 0.0276. The molecule has 0 saturated carbocycles. The fourth-order valence-corrected chi connectivity index (χ4v) is 5.47. The quantitative estimate of drug-likeness (QED) is 0.694. The first-order valence-corrected chi connectivity index (χ1v) is 12.2. The van der Waals surface area contributed by atoms with E-state index in [1.807, 2.05) is 32.9 Å². The molecule has 0 fully saturated rings. The monoisotopic (exact) mass is 457 g/mol. The third kappa shape index (κ3) is 4.71. The molecule has 2 aromatic rings. The van der Waals surface area contributed by atoms with Gasteiger partial charge in [-0.05, 0) is 74.1 Å². The minimum Gasteiger partial charge on any atom is -0.324 e. The molecule has 8 heteroatoms. The highest BCUT2D eigenvalue weighted by molar-refractivity contribution is 7.89. The van der Waals surface area contributed by atoms with Gasteiger partial charge < -0.3 is 10.2 Å². The van der Waals surface area contributed by atoms with E-state index in [0.29, 0.717) is 12.1 Å². The van der Waals surface area contributed by atoms with Gasteiger partial charge in [-0.25, -0.2) is 8.42 Å². The Kier molecular flexibility index (Phi) is 6.76. The van der Waals surface area contributed by atoms with Crippen molar-refractivity contribution in [2.45, 2.75) is 64.9 Å². The van der Waals surface area contributed by atoms with E-state index in [-0.39, 0.29) is 22.8 Å². The van der Waals surface area contributed by atoms with E-state index >= 15 is 0 Å². The van der Waals surface area contributed by atoms with Crippen LogP contribution in [0.15, 0.2) is 41.3 Å². The maximum Gasteiger partial charge on any atom is 0.242 e. The number of anilines is 2. The number of amides is 2. The van der Waals surface area contributed by atoms with Gasteiger partial charge in [0.15, 0.2) is 0 Å². The Balaban J connectivity index is 1.85. The van der Waals surface area contributed by atoms with Crippen LogP contribution in [0.3, 0.4) is 0 Å². The lowest BCUT2D eigenvalue weighted by Gasteiger charge is -2.23. The van der Waals surface area contributed by atoms with Crippen LogP contribution in [0.1, 0.15) is 44.4 Å². The van der Waals surface area contributed by atoms with Crippen molar-refractivity contribution in [3.63, 3.8) is 0 Å². The Labute approximate surface area is 190 Å². The van der Waals surface area contributed by atoms with Gasteiger partial charge in [0, 0.05) is 24.3 Å². The number of carbonyl (C=O) groups excluding carboxylic acids is 2. The highest BCUT2D eigenvalue weighted by Crippen LogP contribution is 2.34. The van der Waals surface area contributed by atoms with Crippen LogP contribution in [0.2, 0.25) is 0 Å². The second-order valence-electron chi connectivity index (χ2n) is 8.81. The second kappa shape index (κ2) is 9.03. The SMILES string of the molecule is CC(=O)N1c2ccc(S(=O)(=O)N[C@@H](C(=O)Nc3cccc(C)c3C)C(C)C)cc2C[C@H]1C. The lowest BCUT2D eigenvalue weighted by molar-refractivity contribution is -0.118. The van der Waals surface area contributed by atoms with Crippen LogP contribution in [-0.2, 0) is 26.0 Å². The van der Waals surface area contributed by atoms with Gasteiger partial charge in [0.1, 0.15) is 6.04 Å². The molecule has 0 radical (unpaired) electrons. The molecular weight excluding hydrogens is 426 g/mol. The summed E-state index contributed by atoms with van der Waals surface area (Å²) in [4.78, 5) is 26.7. The van der Waals surface area contributed by atoms with Crippen LogP contribution in [0.5, 0.6) is 0 Å². The van der Waals surface area contributed by atoms with Gasteiger partial charge in [-0.2, -0.15) is 4.72 Å². The van der Waals surface area contributed by atoms with Gasteiger partial charge in [0.25, 0.3) is 0 Å². The maximum absolute atomic E-state index is 13.2. The normalized spacial score (nSPS) is 16.7. The molecule has 2 N–H and O–H groups in total. The molecule has 1 aliphatic rings. The maximum atomic E-state index is 13.2. The first kappa shape index (κ1) is 23.9. The average molecular weight is 458 g/mol. The molecule has 2 amide bonds. The van der Waals surface area contributed by atoms with Crippen molar-refractivity contribution in [2.24, 2.45) is 5.92 Å². The minimum atomic E-state index is -3.95. The molecule has 0 bridgehead atoms. The molecule has 2 atom stereocenters. The number of hydrogen-bond acceptors (Lipinski definition) is 4. The number of carbonyl (C=O) groups is 2. The van der Waals surface area contributed by atoms with Crippen molar-refractivity contribution in [2.75, 3.05) is 10.2 Å². The molecular formula is C24H31N3O4S. The summed E-state index contributed by atoms with van der Waals surface area (Å²) in [5.41, 5.74) is 4.18. The van der Waals surface area contributed by atoms with Crippen molar-refractivity contribution < 1.29 is 18.0 Å². The summed E-state index contributed by atoms with van der Waals surface area (Å²) in [6.07, 6.45) is 0.582. The Morgan fingerprint density at radius 1 is 1.12 bits per heavy atom. The van der Waals surface area contributed by atoms with E-state index in [1.165, 1.54) is 13.0 Å². The highest BCUT2D eigenvalue weighted by Gasteiger charge is 2.32. The summed E-state index contributed by atoms with van der Waals surface area (Å²) >= 11 is 0. The van der Waals surface area contributed by atoms with E-state index in [9.17, 15) is 18.0 Å². The van der Waals surface area contributed by atoms with Crippen LogP contribution in [0, 0.1) is 19.8 Å². The Hall–Kier alpha value is -2.71. The summed E-state index contributed by atoms with van der Waals surface area (Å²) in [7, 11) is -3.95. The molecule has 1 heterocycles. The van der Waals surface area contributed by atoms with E-state index in [4.69, 9.17) is 0 Å². The van der Waals surface area contributed by atoms with E-state index < -0.39 is 22.0 Å². The summed E-state index contributed by atoms with van der Waals surface area (Å²) in [5, 5.41) is 2.86. The molecule has 172 valence electrons. The first-order valence-electron chi connectivity index (χ1n) is 10.7. The largest absolute Gasteiger partial charge is 0.324 e. The highest BCUT2D eigenvalue weighted by atomic mass is 32.2. The number of hydrogen-bond donors (Lipinski definition) is 2. The summed E-state index contributed by atoms with van der Waals surface area (Å²) in [6, 6.07) is 9.37. The van der Waals surface area contributed by atoms with Gasteiger partial charge in [-0.3, -0.25) is 9.59 Å². The van der Waals surface area contributed by atoms with Crippen molar-refractivity contribution in [1.29, 1.82) is 0 Å². The van der Waals surface area contributed by atoms with Crippen LogP contribution in [-0.4, -0.2) is 32.3 Å². The third-order valence-electron chi connectivity index (χ3n) is 6.01. The molecule has 0 aromatic heterocycles. The van der Waals surface area contributed by atoms with Crippen molar-refractivity contribution in [3.8, 4) is 0 Å². The predicted molar refractivity (Wildman–Crippen MR) is 126 cm³/mol. The Morgan fingerprint density at radius 2 is 1.81 bits per heavy atom. The zero-order valence-corrected chi connectivity index (χ0v) is 20.2. The lowest BCUT2D eigenvalue weighted by Crippen LogP contribution is -2.47. The van der Waals surface area contributed by atoms with E-state index in [1.54, 1.807) is 36.9 Å². The number of benzene rings is 2. The molecule has 2 aromatic carbocycles. The molecule has 0 saturated heterocycles. The van der Waals surface area contributed by atoms with Gasteiger partial charge >= 0.3 is 0 Å². The second-order valence-corrected chi connectivity index (χ2v) is 10.5. The average Bonchev–Trinajstić information content (AvgIpc) is 3.04. The smallest absolute Gasteiger partial charge is 0.242 e. The lowest BCUT2D eigenvalue weighted by atomic mass is 10.0. The molecule has 0 aliphatic carbocycles. The Bertz CT molecular complexity index is 1160. The molecule has 3 rings (SSSR count). The van der Waals surface area contributed by atoms with E-state index in [2.05, 4.69) is 10.0 Å². The fraction of sp³-hybridized carbons (Fsp3) is 0.417. The van der Waals surface area contributed by atoms with Gasteiger partial charge in [0.05, 0.1) is 4.90 Å². The van der Waals surface area contributed by atoms with Crippen LogP contribution in [0.4, 0.5) is 11.4 Å². The van der Waals surface area contributed by atoms with E-state index in [0.717, 1.165) is 22.4 Å². The number of aryl methyl sites for hydroxylation is 1. The number of sulfonamides is 1. The summed E-state index contributed by atoms with van der Waals surface area (Å²) in [6.45, 7) is 10.9. The molecule has 0 unspecified atom stereocenters. The van der Waals surface area contributed by atoms with Crippen LogP contribution < -0.4 is 14.9 Å². The molecule has 7 nitrogen and oxygen atoms in total. The zero-order valence-electron chi connectivity index (χ0n) is 19.4. The van der Waals surface area contributed by atoms with Crippen molar-refractivity contribution in [1.82, 2.24) is 4.72 Å². The molecule has 32 heavy (non-hydrogen) atoms. The van der Waals surface area contributed by atoms with Gasteiger partial charge in [0.2, 0.25) is 21.8 Å². The summed E-state index contributed by atoms with van der Waals surface area (Å²) < 4.78 is 28.9. The first-order chi connectivity index (χ1) is 14.9. The standard InChI is InChI=1S/C24H31N3O4S/c1-14(2)23(24(29)25-21-9-7-8-15(3)17(21)5)26-32(30,31)20-10-11-22-19(13-20)12-16(4)27(22)18(6)28/h7-11,13-14,16,23,26H,12H2,1-6H3,(H,25,29)/t16-,23-/m1/s1. The third-order valence-corrected chi connectivity index (χ3v) is 7.45.